The minimum Gasteiger partial charge on any atom is -0.384 e. The van der Waals surface area contributed by atoms with Crippen molar-refractivity contribution in [2.24, 2.45) is 0 Å². The summed E-state index contributed by atoms with van der Waals surface area (Å²) in [7, 11) is -4.50. The van der Waals surface area contributed by atoms with E-state index >= 15 is 0 Å². The molecule has 0 heterocycles. The SMILES string of the molecule is CCCNCCNc1ccc(S(=O)(=O)C(F)F)cc1. The number of rotatable bonds is 8. The van der Waals surface area contributed by atoms with Crippen LogP contribution < -0.4 is 10.6 Å². The Morgan fingerprint density at radius 1 is 1.11 bits per heavy atom. The Bertz CT molecular complexity index is 475. The molecule has 7 heteroatoms. The Balaban J connectivity index is 2.53. The van der Waals surface area contributed by atoms with Gasteiger partial charge in [0.2, 0.25) is 9.84 Å². The number of nitrogens with one attached hydrogen (secondary N) is 2. The highest BCUT2D eigenvalue weighted by atomic mass is 32.2. The molecule has 0 atom stereocenters. The van der Waals surface area contributed by atoms with Gasteiger partial charge in [-0.05, 0) is 37.2 Å². The second kappa shape index (κ2) is 7.40. The summed E-state index contributed by atoms with van der Waals surface area (Å²) in [6.07, 6.45) is 1.06. The molecule has 19 heavy (non-hydrogen) atoms. The summed E-state index contributed by atoms with van der Waals surface area (Å²) in [5.41, 5.74) is 0.700. The zero-order chi connectivity index (χ0) is 14.3. The van der Waals surface area contributed by atoms with E-state index in [1.807, 2.05) is 0 Å². The Morgan fingerprint density at radius 2 is 1.74 bits per heavy atom. The molecule has 0 aliphatic carbocycles. The van der Waals surface area contributed by atoms with E-state index in [0.717, 1.165) is 19.5 Å². The molecule has 0 unspecified atom stereocenters. The number of benzene rings is 1. The molecular weight excluding hydrogens is 274 g/mol. The van der Waals surface area contributed by atoms with Crippen LogP contribution in [-0.4, -0.2) is 33.8 Å². The molecule has 0 bridgehead atoms. The first-order chi connectivity index (χ1) is 8.98. The van der Waals surface area contributed by atoms with E-state index in [9.17, 15) is 17.2 Å². The van der Waals surface area contributed by atoms with Crippen molar-refractivity contribution in [3.63, 3.8) is 0 Å². The van der Waals surface area contributed by atoms with Gasteiger partial charge in [-0.1, -0.05) is 6.92 Å². The molecule has 1 rings (SSSR count). The van der Waals surface area contributed by atoms with Crippen LogP contribution in [0.2, 0.25) is 0 Å². The van der Waals surface area contributed by atoms with Gasteiger partial charge in [-0.15, -0.1) is 0 Å². The monoisotopic (exact) mass is 292 g/mol. The highest BCUT2D eigenvalue weighted by molar-refractivity contribution is 7.91. The van der Waals surface area contributed by atoms with Crippen LogP contribution >= 0.6 is 0 Å². The first kappa shape index (κ1) is 15.8. The molecule has 4 nitrogen and oxygen atoms in total. The molecule has 0 spiro atoms. The van der Waals surface area contributed by atoms with Gasteiger partial charge in [-0.3, -0.25) is 0 Å². The predicted octanol–water partition coefficient (Wildman–Crippen LogP) is 2.09. The fourth-order valence-electron chi connectivity index (χ4n) is 1.46. The van der Waals surface area contributed by atoms with Crippen LogP contribution in [-0.2, 0) is 9.84 Å². The van der Waals surface area contributed by atoms with E-state index in [2.05, 4.69) is 17.6 Å². The van der Waals surface area contributed by atoms with Crippen LogP contribution in [0.4, 0.5) is 14.5 Å². The maximum atomic E-state index is 12.3. The van der Waals surface area contributed by atoms with Crippen molar-refractivity contribution in [2.45, 2.75) is 24.0 Å². The molecule has 0 radical (unpaired) electrons. The number of hydrogen-bond acceptors (Lipinski definition) is 4. The van der Waals surface area contributed by atoms with Crippen LogP contribution in [0.1, 0.15) is 13.3 Å². The van der Waals surface area contributed by atoms with Crippen molar-refractivity contribution in [3.8, 4) is 0 Å². The molecule has 0 saturated heterocycles. The lowest BCUT2D eigenvalue weighted by Gasteiger charge is -2.08. The third-order valence-corrected chi connectivity index (χ3v) is 3.87. The van der Waals surface area contributed by atoms with Crippen molar-refractivity contribution in [1.82, 2.24) is 5.32 Å². The summed E-state index contributed by atoms with van der Waals surface area (Å²) >= 11 is 0. The molecule has 1 aromatic carbocycles. The summed E-state index contributed by atoms with van der Waals surface area (Å²) < 4.78 is 47.0. The highest BCUT2D eigenvalue weighted by Crippen LogP contribution is 2.19. The highest BCUT2D eigenvalue weighted by Gasteiger charge is 2.26. The second-order valence-electron chi connectivity index (χ2n) is 4.01. The van der Waals surface area contributed by atoms with Gasteiger partial charge in [0.25, 0.3) is 0 Å². The Labute approximate surface area is 112 Å². The lowest BCUT2D eigenvalue weighted by molar-refractivity contribution is 0.234. The molecule has 0 amide bonds. The lowest BCUT2D eigenvalue weighted by atomic mass is 10.3. The normalized spacial score (nSPS) is 11.8. The zero-order valence-corrected chi connectivity index (χ0v) is 11.5. The van der Waals surface area contributed by atoms with Gasteiger partial charge in [0.15, 0.2) is 0 Å². The van der Waals surface area contributed by atoms with Crippen molar-refractivity contribution < 1.29 is 17.2 Å². The van der Waals surface area contributed by atoms with Crippen LogP contribution in [0.3, 0.4) is 0 Å². The number of sulfone groups is 1. The van der Waals surface area contributed by atoms with Gasteiger partial charge < -0.3 is 10.6 Å². The van der Waals surface area contributed by atoms with Gasteiger partial charge in [-0.25, -0.2) is 8.42 Å². The number of anilines is 1. The van der Waals surface area contributed by atoms with Crippen molar-refractivity contribution in [2.75, 3.05) is 25.0 Å². The topological polar surface area (TPSA) is 58.2 Å². The van der Waals surface area contributed by atoms with Crippen molar-refractivity contribution in [1.29, 1.82) is 0 Å². The van der Waals surface area contributed by atoms with E-state index in [-0.39, 0.29) is 4.90 Å². The Hall–Kier alpha value is -1.21. The van der Waals surface area contributed by atoms with Gasteiger partial charge >= 0.3 is 5.76 Å². The second-order valence-corrected chi connectivity index (χ2v) is 5.92. The maximum absolute atomic E-state index is 12.3. The molecule has 0 aliphatic rings. The first-order valence-corrected chi connectivity index (χ1v) is 7.60. The zero-order valence-electron chi connectivity index (χ0n) is 10.7. The predicted molar refractivity (Wildman–Crippen MR) is 71.3 cm³/mol. The standard InChI is InChI=1S/C12H18F2N2O2S/c1-2-7-15-8-9-16-10-3-5-11(6-4-10)19(17,18)12(13)14/h3-6,12,15-16H,2,7-9H2,1H3. The third-order valence-electron chi connectivity index (χ3n) is 2.48. The van der Waals surface area contributed by atoms with Gasteiger partial charge in [-0.2, -0.15) is 8.78 Å². The van der Waals surface area contributed by atoms with Crippen LogP contribution in [0.25, 0.3) is 0 Å². The van der Waals surface area contributed by atoms with Crippen LogP contribution in [0.15, 0.2) is 29.2 Å². The third kappa shape index (κ3) is 4.76. The molecule has 1 aromatic rings. The van der Waals surface area contributed by atoms with Crippen molar-refractivity contribution in [3.05, 3.63) is 24.3 Å². The number of hydrogen-bond donors (Lipinski definition) is 2. The van der Waals surface area contributed by atoms with Gasteiger partial charge in [0.1, 0.15) is 0 Å². The Kier molecular flexibility index (Phi) is 6.17. The summed E-state index contributed by atoms with van der Waals surface area (Å²) in [5, 5.41) is 6.26. The summed E-state index contributed by atoms with van der Waals surface area (Å²) in [6, 6.07) is 5.33. The average Bonchev–Trinajstić information content (AvgIpc) is 2.39. The van der Waals surface area contributed by atoms with E-state index in [4.69, 9.17) is 0 Å². The van der Waals surface area contributed by atoms with Gasteiger partial charge in [0, 0.05) is 18.8 Å². The van der Waals surface area contributed by atoms with E-state index in [1.165, 1.54) is 24.3 Å². The fourth-order valence-corrected chi connectivity index (χ4v) is 2.18. The van der Waals surface area contributed by atoms with Crippen molar-refractivity contribution >= 4 is 15.5 Å². The van der Waals surface area contributed by atoms with Gasteiger partial charge in [0.05, 0.1) is 4.90 Å². The molecule has 0 saturated carbocycles. The largest absolute Gasteiger partial charge is 0.384 e. The first-order valence-electron chi connectivity index (χ1n) is 6.05. The summed E-state index contributed by atoms with van der Waals surface area (Å²) in [5.74, 6) is -3.38. The number of halogens is 2. The molecule has 108 valence electrons. The molecule has 0 aromatic heterocycles. The summed E-state index contributed by atoms with van der Waals surface area (Å²) in [6.45, 7) is 4.47. The maximum Gasteiger partial charge on any atom is 0.341 e. The molecule has 0 fully saturated rings. The minimum absolute atomic E-state index is 0.364. The summed E-state index contributed by atoms with van der Waals surface area (Å²) in [4.78, 5) is -0.364. The molecule has 0 aliphatic heterocycles. The van der Waals surface area contributed by atoms with E-state index < -0.39 is 15.6 Å². The average molecular weight is 292 g/mol. The quantitative estimate of drug-likeness (QED) is 0.720. The lowest BCUT2D eigenvalue weighted by Crippen LogP contribution is -2.22. The molecule has 2 N–H and O–H groups in total. The van der Waals surface area contributed by atoms with Crippen LogP contribution in [0, 0.1) is 0 Å². The van der Waals surface area contributed by atoms with Crippen LogP contribution in [0.5, 0.6) is 0 Å². The van der Waals surface area contributed by atoms with E-state index in [0.29, 0.717) is 12.2 Å². The Morgan fingerprint density at radius 3 is 2.26 bits per heavy atom. The minimum atomic E-state index is -4.50. The smallest absolute Gasteiger partial charge is 0.341 e. The molecular formula is C12H18F2N2O2S. The fraction of sp³-hybridized carbons (Fsp3) is 0.500. The number of alkyl halides is 2. The van der Waals surface area contributed by atoms with E-state index in [1.54, 1.807) is 0 Å².